The van der Waals surface area contributed by atoms with Crippen LogP contribution in [0.1, 0.15) is 12.2 Å². The molecule has 0 bridgehead atoms. The third-order valence-corrected chi connectivity index (χ3v) is 3.05. The van der Waals surface area contributed by atoms with Gasteiger partial charge in [0.05, 0.1) is 25.8 Å². The van der Waals surface area contributed by atoms with Crippen molar-refractivity contribution in [3.05, 3.63) is 12.2 Å². The van der Waals surface area contributed by atoms with Crippen molar-refractivity contribution >= 4 is 16.0 Å². The number of nitrogens with zero attached hydrogens (tertiary/aromatic N) is 2. The first kappa shape index (κ1) is 12.6. The minimum Gasteiger partial charge on any atom is -0.469 e. The summed E-state index contributed by atoms with van der Waals surface area (Å²) in [6.07, 6.45) is 1.10. The van der Waals surface area contributed by atoms with Gasteiger partial charge < -0.3 is 4.74 Å². The number of hydrogen-bond donors (Lipinski definition) is 2. The molecule has 0 atom stereocenters. The van der Waals surface area contributed by atoms with Crippen molar-refractivity contribution in [3.63, 3.8) is 0 Å². The van der Waals surface area contributed by atoms with Crippen LogP contribution in [0, 0.1) is 0 Å². The van der Waals surface area contributed by atoms with Crippen molar-refractivity contribution in [1.29, 1.82) is 0 Å². The lowest BCUT2D eigenvalue weighted by molar-refractivity contribution is -0.140. The van der Waals surface area contributed by atoms with E-state index in [1.54, 1.807) is 0 Å². The highest BCUT2D eigenvalue weighted by molar-refractivity contribution is 7.89. The van der Waals surface area contributed by atoms with Gasteiger partial charge in [0.15, 0.2) is 0 Å². The van der Waals surface area contributed by atoms with Gasteiger partial charge in [-0.05, 0) is 0 Å². The Morgan fingerprint density at radius 2 is 2.38 bits per heavy atom. The Hall–Kier alpha value is -1.48. The SMILES string of the molecule is COC(=O)CCS(=O)(=O)NCc1ncn[nH]1. The Balaban J connectivity index is 2.37. The maximum Gasteiger partial charge on any atom is 0.306 e. The van der Waals surface area contributed by atoms with E-state index in [0.717, 1.165) is 0 Å². The second kappa shape index (κ2) is 5.56. The summed E-state index contributed by atoms with van der Waals surface area (Å²) in [5.74, 6) is -0.472. The largest absolute Gasteiger partial charge is 0.469 e. The van der Waals surface area contributed by atoms with Gasteiger partial charge in [0, 0.05) is 0 Å². The third kappa shape index (κ3) is 4.36. The summed E-state index contributed by atoms with van der Waals surface area (Å²) in [6.45, 7) is 0.0174. The maximum atomic E-state index is 11.4. The van der Waals surface area contributed by atoms with Crippen LogP contribution in [-0.2, 0) is 26.1 Å². The molecule has 0 fully saturated rings. The molecule has 1 aromatic heterocycles. The molecule has 9 heteroatoms. The summed E-state index contributed by atoms with van der Waals surface area (Å²) in [7, 11) is -2.30. The van der Waals surface area contributed by atoms with Gasteiger partial charge in [0.2, 0.25) is 10.0 Å². The fourth-order valence-electron chi connectivity index (χ4n) is 0.886. The first-order valence-corrected chi connectivity index (χ1v) is 6.07. The molecule has 1 aromatic rings. The van der Waals surface area contributed by atoms with Crippen LogP contribution in [0.2, 0.25) is 0 Å². The van der Waals surface area contributed by atoms with E-state index in [1.165, 1.54) is 13.4 Å². The maximum absolute atomic E-state index is 11.4. The monoisotopic (exact) mass is 248 g/mol. The van der Waals surface area contributed by atoms with Crippen LogP contribution in [0.15, 0.2) is 6.33 Å². The molecule has 0 saturated heterocycles. The fraction of sp³-hybridized carbons (Fsp3) is 0.571. The van der Waals surface area contributed by atoms with Crippen molar-refractivity contribution in [3.8, 4) is 0 Å². The van der Waals surface area contributed by atoms with Crippen LogP contribution in [0.25, 0.3) is 0 Å². The summed E-state index contributed by atoms with van der Waals surface area (Å²) in [5, 5.41) is 6.07. The van der Waals surface area contributed by atoms with E-state index < -0.39 is 16.0 Å². The Morgan fingerprint density at radius 1 is 1.62 bits per heavy atom. The first-order valence-electron chi connectivity index (χ1n) is 4.42. The van der Waals surface area contributed by atoms with E-state index in [2.05, 4.69) is 24.6 Å². The van der Waals surface area contributed by atoms with Crippen LogP contribution in [0.4, 0.5) is 0 Å². The second-order valence-corrected chi connectivity index (χ2v) is 4.82. The minimum absolute atomic E-state index is 0.0174. The van der Waals surface area contributed by atoms with E-state index in [1.807, 2.05) is 0 Å². The molecule has 2 N–H and O–H groups in total. The van der Waals surface area contributed by atoms with Gasteiger partial charge in [-0.1, -0.05) is 0 Å². The van der Waals surface area contributed by atoms with Gasteiger partial charge in [0.25, 0.3) is 0 Å². The van der Waals surface area contributed by atoms with Crippen molar-refractivity contribution < 1.29 is 17.9 Å². The number of nitrogens with one attached hydrogen (secondary N) is 2. The highest BCUT2D eigenvalue weighted by Gasteiger charge is 2.13. The topological polar surface area (TPSA) is 114 Å². The lowest BCUT2D eigenvalue weighted by atomic mass is 10.5. The molecule has 0 saturated carbocycles. The molecule has 8 nitrogen and oxygen atoms in total. The smallest absolute Gasteiger partial charge is 0.306 e. The summed E-state index contributed by atoms with van der Waals surface area (Å²) in [6, 6.07) is 0. The summed E-state index contributed by atoms with van der Waals surface area (Å²) < 4.78 is 29.3. The van der Waals surface area contributed by atoms with Crippen LogP contribution >= 0.6 is 0 Å². The fourth-order valence-corrected chi connectivity index (χ4v) is 1.82. The Bertz CT molecular complexity index is 427. The molecular formula is C7H12N4O4S. The standard InChI is InChI=1S/C7H12N4O4S/c1-15-7(12)2-3-16(13,14)10-4-6-8-5-9-11-6/h5,10H,2-4H2,1H3,(H,8,9,11). The predicted molar refractivity (Wildman–Crippen MR) is 53.6 cm³/mol. The number of sulfonamides is 1. The number of carbonyl (C=O) groups excluding carboxylic acids is 1. The van der Waals surface area contributed by atoms with E-state index in [9.17, 15) is 13.2 Å². The zero-order valence-corrected chi connectivity index (χ0v) is 9.45. The molecule has 1 heterocycles. The molecule has 0 aliphatic rings. The highest BCUT2D eigenvalue weighted by Crippen LogP contribution is 1.94. The number of carbonyl (C=O) groups is 1. The minimum atomic E-state index is -3.50. The molecule has 16 heavy (non-hydrogen) atoms. The highest BCUT2D eigenvalue weighted by atomic mass is 32.2. The van der Waals surface area contributed by atoms with Gasteiger partial charge in [0.1, 0.15) is 12.2 Å². The molecule has 0 aromatic carbocycles. The van der Waals surface area contributed by atoms with Gasteiger partial charge in [-0.15, -0.1) is 0 Å². The molecule has 0 unspecified atom stereocenters. The predicted octanol–water partition coefficient (Wildman–Crippen LogP) is -1.21. The molecule has 90 valence electrons. The zero-order chi connectivity index (χ0) is 12.0. The van der Waals surface area contributed by atoms with Gasteiger partial charge in [-0.3, -0.25) is 9.89 Å². The lowest BCUT2D eigenvalue weighted by Crippen LogP contribution is -2.27. The average molecular weight is 248 g/mol. The number of aromatic nitrogens is 3. The normalized spacial score (nSPS) is 11.3. The number of aromatic amines is 1. The second-order valence-electron chi connectivity index (χ2n) is 2.90. The number of H-pyrrole nitrogens is 1. The van der Waals surface area contributed by atoms with Gasteiger partial charge in [-0.25, -0.2) is 18.1 Å². The van der Waals surface area contributed by atoms with Crippen LogP contribution < -0.4 is 4.72 Å². The average Bonchev–Trinajstić information content (AvgIpc) is 2.76. The number of hydrogen-bond acceptors (Lipinski definition) is 6. The first-order chi connectivity index (χ1) is 7.53. The zero-order valence-electron chi connectivity index (χ0n) is 8.63. The van der Waals surface area contributed by atoms with Crippen LogP contribution in [0.5, 0.6) is 0 Å². The van der Waals surface area contributed by atoms with E-state index in [4.69, 9.17) is 0 Å². The van der Waals surface area contributed by atoms with E-state index >= 15 is 0 Å². The van der Waals surface area contributed by atoms with Crippen molar-refractivity contribution in [2.75, 3.05) is 12.9 Å². The molecule has 0 spiro atoms. The molecule has 0 aliphatic carbocycles. The van der Waals surface area contributed by atoms with E-state index in [0.29, 0.717) is 5.82 Å². The number of methoxy groups -OCH3 is 1. The molecular weight excluding hydrogens is 236 g/mol. The Kier molecular flexibility index (Phi) is 4.38. The van der Waals surface area contributed by atoms with Crippen molar-refractivity contribution in [1.82, 2.24) is 19.9 Å². The summed E-state index contributed by atoms with van der Waals surface area (Å²) in [5.41, 5.74) is 0. The Morgan fingerprint density at radius 3 is 2.94 bits per heavy atom. The molecule has 0 radical (unpaired) electrons. The molecule has 1 rings (SSSR count). The lowest BCUT2D eigenvalue weighted by Gasteiger charge is -2.03. The summed E-state index contributed by atoms with van der Waals surface area (Å²) >= 11 is 0. The third-order valence-electron chi connectivity index (χ3n) is 1.73. The quantitative estimate of drug-likeness (QED) is 0.610. The number of ether oxygens (including phenoxy) is 1. The van der Waals surface area contributed by atoms with Crippen LogP contribution in [0.3, 0.4) is 0 Å². The molecule has 0 aliphatic heterocycles. The number of esters is 1. The molecule has 0 amide bonds. The van der Waals surface area contributed by atoms with Gasteiger partial charge >= 0.3 is 5.97 Å². The van der Waals surface area contributed by atoms with Crippen molar-refractivity contribution in [2.24, 2.45) is 0 Å². The van der Waals surface area contributed by atoms with Gasteiger partial charge in [-0.2, -0.15) is 5.10 Å². The Labute approximate surface area is 92.5 Å². The summed E-state index contributed by atoms with van der Waals surface area (Å²) in [4.78, 5) is 14.5. The number of rotatable bonds is 6. The van der Waals surface area contributed by atoms with Crippen LogP contribution in [-0.4, -0.2) is 42.4 Å². The van der Waals surface area contributed by atoms with E-state index in [-0.39, 0.29) is 18.7 Å². The van der Waals surface area contributed by atoms with Crippen molar-refractivity contribution in [2.45, 2.75) is 13.0 Å².